The number of fused-ring (bicyclic) bond motifs is 1. The highest BCUT2D eigenvalue weighted by Crippen LogP contribution is 2.32. The Balaban J connectivity index is 1.85. The fraction of sp³-hybridized carbons (Fsp3) is 0.100. The van der Waals surface area contributed by atoms with Gasteiger partial charge in [-0.1, -0.05) is 36.4 Å². The molecule has 3 nitrogen and oxygen atoms in total. The second-order valence-electron chi connectivity index (χ2n) is 5.89. The van der Waals surface area contributed by atoms with Gasteiger partial charge in [-0.3, -0.25) is 4.79 Å². The Morgan fingerprint density at radius 3 is 2.41 bits per heavy atom. The molecule has 138 valence electrons. The number of nitrogens with one attached hydrogen (secondary N) is 2. The quantitative estimate of drug-likeness (QED) is 0.494. The Kier molecular flexibility index (Phi) is 4.94. The van der Waals surface area contributed by atoms with E-state index in [1.165, 1.54) is 12.3 Å². The standard InChI is InChI=1S/C20H14F4N2O/c21-18-8-5-12(9-17(18)20(22,23)24)11-26-19(27)16-7-6-13(10-25)14-3-1-2-4-15(14)16/h1-10,25H,11H2,(H,26,27). The average Bonchev–Trinajstić information content (AvgIpc) is 2.65. The van der Waals surface area contributed by atoms with Gasteiger partial charge in [0, 0.05) is 18.3 Å². The molecule has 1 amide bonds. The first-order chi connectivity index (χ1) is 12.8. The van der Waals surface area contributed by atoms with E-state index in [9.17, 15) is 22.4 Å². The van der Waals surface area contributed by atoms with Gasteiger partial charge in [0.1, 0.15) is 5.82 Å². The van der Waals surface area contributed by atoms with Gasteiger partial charge in [-0.15, -0.1) is 0 Å². The summed E-state index contributed by atoms with van der Waals surface area (Å²) < 4.78 is 51.7. The smallest absolute Gasteiger partial charge is 0.348 e. The lowest BCUT2D eigenvalue weighted by Gasteiger charge is -2.12. The van der Waals surface area contributed by atoms with E-state index in [2.05, 4.69) is 5.32 Å². The second kappa shape index (κ2) is 7.19. The van der Waals surface area contributed by atoms with Crippen LogP contribution in [0.25, 0.3) is 10.8 Å². The Hall–Kier alpha value is -3.22. The third-order valence-electron chi connectivity index (χ3n) is 4.15. The van der Waals surface area contributed by atoms with Crippen molar-refractivity contribution in [2.45, 2.75) is 12.7 Å². The maximum absolute atomic E-state index is 13.3. The summed E-state index contributed by atoms with van der Waals surface area (Å²) >= 11 is 0. The molecule has 27 heavy (non-hydrogen) atoms. The number of carbonyl (C=O) groups excluding carboxylic acids is 1. The fourth-order valence-corrected chi connectivity index (χ4v) is 2.82. The SMILES string of the molecule is N=Cc1ccc(C(=O)NCc2ccc(F)c(C(F)(F)F)c2)c2ccccc12. The molecule has 0 saturated heterocycles. The highest BCUT2D eigenvalue weighted by Gasteiger charge is 2.34. The summed E-state index contributed by atoms with van der Waals surface area (Å²) in [6, 6.07) is 12.9. The number of amides is 1. The minimum absolute atomic E-state index is 0.137. The van der Waals surface area contributed by atoms with Crippen molar-refractivity contribution in [2.75, 3.05) is 0 Å². The van der Waals surface area contributed by atoms with Gasteiger partial charge in [-0.25, -0.2) is 4.39 Å². The molecule has 0 unspecified atom stereocenters. The van der Waals surface area contributed by atoms with Crippen LogP contribution in [0.4, 0.5) is 17.6 Å². The number of rotatable bonds is 4. The first kappa shape index (κ1) is 18.6. The molecule has 0 heterocycles. The largest absolute Gasteiger partial charge is 0.419 e. The monoisotopic (exact) mass is 374 g/mol. The zero-order valence-electron chi connectivity index (χ0n) is 13.9. The molecule has 0 aliphatic rings. The molecule has 0 radical (unpaired) electrons. The van der Waals surface area contributed by atoms with Crippen molar-refractivity contribution in [1.29, 1.82) is 5.41 Å². The summed E-state index contributed by atoms with van der Waals surface area (Å²) in [5.74, 6) is -1.83. The molecular weight excluding hydrogens is 360 g/mol. The number of alkyl halides is 3. The van der Waals surface area contributed by atoms with Crippen LogP contribution in [0.3, 0.4) is 0 Å². The van der Waals surface area contributed by atoms with Crippen LogP contribution in [0.1, 0.15) is 27.0 Å². The van der Waals surface area contributed by atoms with Crippen LogP contribution in [0.5, 0.6) is 0 Å². The molecule has 0 atom stereocenters. The van der Waals surface area contributed by atoms with E-state index in [0.717, 1.165) is 11.5 Å². The molecule has 3 aromatic rings. The lowest BCUT2D eigenvalue weighted by atomic mass is 9.99. The Morgan fingerprint density at radius 2 is 1.74 bits per heavy atom. The zero-order valence-corrected chi connectivity index (χ0v) is 13.9. The van der Waals surface area contributed by atoms with Crippen molar-refractivity contribution in [1.82, 2.24) is 5.32 Å². The number of benzene rings is 3. The van der Waals surface area contributed by atoms with E-state index in [-0.39, 0.29) is 12.1 Å². The summed E-state index contributed by atoms with van der Waals surface area (Å²) in [4.78, 5) is 12.5. The Morgan fingerprint density at radius 1 is 1.04 bits per heavy atom. The first-order valence-corrected chi connectivity index (χ1v) is 7.97. The van der Waals surface area contributed by atoms with E-state index in [4.69, 9.17) is 5.41 Å². The minimum atomic E-state index is -4.80. The van der Waals surface area contributed by atoms with E-state index in [1.54, 1.807) is 36.4 Å². The van der Waals surface area contributed by atoms with Crippen LogP contribution >= 0.6 is 0 Å². The second-order valence-corrected chi connectivity index (χ2v) is 5.89. The van der Waals surface area contributed by atoms with Crippen LogP contribution in [0, 0.1) is 11.2 Å². The zero-order chi connectivity index (χ0) is 19.6. The van der Waals surface area contributed by atoms with Gasteiger partial charge in [-0.2, -0.15) is 13.2 Å². The summed E-state index contributed by atoms with van der Waals surface area (Å²) in [6.45, 7) is -0.178. The molecule has 0 bridgehead atoms. The number of halogens is 4. The summed E-state index contributed by atoms with van der Waals surface area (Å²) in [5.41, 5.74) is -0.239. The van der Waals surface area contributed by atoms with Crippen LogP contribution < -0.4 is 5.32 Å². The Bertz CT molecular complexity index is 1030. The van der Waals surface area contributed by atoms with Crippen molar-refractivity contribution in [2.24, 2.45) is 0 Å². The van der Waals surface area contributed by atoms with Crippen molar-refractivity contribution in [3.63, 3.8) is 0 Å². The number of carbonyl (C=O) groups is 1. The molecule has 2 N–H and O–H groups in total. The third-order valence-corrected chi connectivity index (χ3v) is 4.15. The molecule has 7 heteroatoms. The minimum Gasteiger partial charge on any atom is -0.348 e. The van der Waals surface area contributed by atoms with E-state index >= 15 is 0 Å². The lowest BCUT2D eigenvalue weighted by molar-refractivity contribution is -0.140. The molecule has 0 saturated carbocycles. The summed E-state index contributed by atoms with van der Waals surface area (Å²) in [6.07, 6.45) is -3.62. The van der Waals surface area contributed by atoms with Crippen molar-refractivity contribution >= 4 is 22.9 Å². The van der Waals surface area contributed by atoms with Crippen LogP contribution in [-0.4, -0.2) is 12.1 Å². The van der Waals surface area contributed by atoms with Gasteiger partial charge in [0.25, 0.3) is 5.91 Å². The normalized spacial score (nSPS) is 11.4. The van der Waals surface area contributed by atoms with Crippen molar-refractivity contribution in [3.05, 3.63) is 82.7 Å². The average molecular weight is 374 g/mol. The van der Waals surface area contributed by atoms with Gasteiger partial charge in [-0.05, 0) is 40.1 Å². The van der Waals surface area contributed by atoms with E-state index in [0.29, 0.717) is 22.6 Å². The maximum atomic E-state index is 13.3. The molecule has 0 fully saturated rings. The lowest BCUT2D eigenvalue weighted by Crippen LogP contribution is -2.23. The Labute approximate surface area is 152 Å². The van der Waals surface area contributed by atoms with E-state index < -0.39 is 23.5 Å². The predicted octanol–water partition coefficient (Wildman–Crippen LogP) is 4.93. The van der Waals surface area contributed by atoms with Gasteiger partial charge in [0.05, 0.1) is 5.56 Å². The van der Waals surface area contributed by atoms with Gasteiger partial charge >= 0.3 is 6.18 Å². The highest BCUT2D eigenvalue weighted by atomic mass is 19.4. The van der Waals surface area contributed by atoms with Crippen LogP contribution in [0.15, 0.2) is 54.6 Å². The summed E-state index contributed by atoms with van der Waals surface area (Å²) in [5, 5.41) is 11.3. The van der Waals surface area contributed by atoms with Gasteiger partial charge in [0.2, 0.25) is 0 Å². The molecule has 0 aliphatic carbocycles. The topological polar surface area (TPSA) is 53.0 Å². The number of hydrogen-bond acceptors (Lipinski definition) is 2. The molecule has 0 aromatic heterocycles. The van der Waals surface area contributed by atoms with Crippen molar-refractivity contribution in [3.8, 4) is 0 Å². The fourth-order valence-electron chi connectivity index (χ4n) is 2.82. The third kappa shape index (κ3) is 3.81. The summed E-state index contributed by atoms with van der Waals surface area (Å²) in [7, 11) is 0. The molecular formula is C20H14F4N2O. The molecule has 3 aromatic carbocycles. The predicted molar refractivity (Wildman–Crippen MR) is 94.4 cm³/mol. The molecule has 0 spiro atoms. The van der Waals surface area contributed by atoms with Gasteiger partial charge in [0.15, 0.2) is 0 Å². The highest BCUT2D eigenvalue weighted by molar-refractivity contribution is 6.11. The first-order valence-electron chi connectivity index (χ1n) is 7.97. The van der Waals surface area contributed by atoms with Crippen molar-refractivity contribution < 1.29 is 22.4 Å². The number of hydrogen-bond donors (Lipinski definition) is 2. The molecule has 0 aliphatic heterocycles. The van der Waals surface area contributed by atoms with Crippen LogP contribution in [0.2, 0.25) is 0 Å². The van der Waals surface area contributed by atoms with E-state index in [1.807, 2.05) is 0 Å². The van der Waals surface area contributed by atoms with Gasteiger partial charge < -0.3 is 10.7 Å². The van der Waals surface area contributed by atoms with Crippen LogP contribution in [-0.2, 0) is 12.7 Å². The maximum Gasteiger partial charge on any atom is 0.419 e. The molecule has 3 rings (SSSR count).